The summed E-state index contributed by atoms with van der Waals surface area (Å²) in [5, 5.41) is 0. The molecule has 0 unspecified atom stereocenters. The zero-order valence-electron chi connectivity index (χ0n) is 10.2. The van der Waals surface area contributed by atoms with Crippen molar-refractivity contribution in [2.24, 2.45) is 0 Å². The number of carbonyl (C=O) groups is 1. The quantitative estimate of drug-likeness (QED) is 0.701. The van der Waals surface area contributed by atoms with E-state index in [1.165, 1.54) is 0 Å². The van der Waals surface area contributed by atoms with E-state index in [0.29, 0.717) is 6.61 Å². The number of amides is 1. The third kappa shape index (κ3) is 2.70. The highest BCUT2D eigenvalue weighted by Gasteiger charge is 2.24. The molecule has 0 saturated carbocycles. The second kappa shape index (κ2) is 5.08. The maximum atomic E-state index is 12.0. The number of ether oxygens (including phenoxy) is 2. The Balaban J connectivity index is 2.23. The zero-order chi connectivity index (χ0) is 12.3. The van der Waals surface area contributed by atoms with Gasteiger partial charge < -0.3 is 9.47 Å². The van der Waals surface area contributed by atoms with Crippen LogP contribution in [0.2, 0.25) is 0 Å². The summed E-state index contributed by atoms with van der Waals surface area (Å²) in [7, 11) is 0. The topological polar surface area (TPSA) is 38.8 Å². The van der Waals surface area contributed by atoms with Gasteiger partial charge in [0, 0.05) is 6.20 Å². The van der Waals surface area contributed by atoms with Crippen LogP contribution < -0.4 is 0 Å². The van der Waals surface area contributed by atoms with Crippen molar-refractivity contribution < 1.29 is 14.3 Å². The molecule has 0 spiro atoms. The Bertz CT molecular complexity index is 393. The van der Waals surface area contributed by atoms with Crippen molar-refractivity contribution >= 4 is 6.09 Å². The summed E-state index contributed by atoms with van der Waals surface area (Å²) in [5.41, 5.74) is 0.881. The molecule has 2 rings (SSSR count). The maximum Gasteiger partial charge on any atom is 0.418 e. The lowest BCUT2D eigenvalue weighted by Crippen LogP contribution is -2.29. The molecule has 1 heterocycles. The minimum absolute atomic E-state index is 0.122. The second-order valence-electron chi connectivity index (χ2n) is 4.25. The van der Waals surface area contributed by atoms with Crippen molar-refractivity contribution in [2.45, 2.75) is 32.8 Å². The van der Waals surface area contributed by atoms with Crippen LogP contribution in [0.4, 0.5) is 4.79 Å². The van der Waals surface area contributed by atoms with Crippen LogP contribution in [0.5, 0.6) is 0 Å². The Hall–Kier alpha value is -1.71. The van der Waals surface area contributed by atoms with Gasteiger partial charge in [-0.15, -0.1) is 0 Å². The summed E-state index contributed by atoms with van der Waals surface area (Å²) < 4.78 is 10.8. The summed E-state index contributed by atoms with van der Waals surface area (Å²) in [6, 6.07) is 0. The summed E-state index contributed by atoms with van der Waals surface area (Å²) in [6.45, 7) is 4.16. The van der Waals surface area contributed by atoms with Crippen molar-refractivity contribution in [3.8, 4) is 0 Å². The van der Waals surface area contributed by atoms with Gasteiger partial charge in [0.2, 0.25) is 0 Å². The Morgan fingerprint density at radius 2 is 2.29 bits per heavy atom. The number of carbonyl (C=O) groups excluding carboxylic acids is 1. The summed E-state index contributed by atoms with van der Waals surface area (Å²) in [5.74, 6) is 0.766. The number of nitrogens with zero attached hydrogens (tertiary/aromatic N) is 1. The molecule has 0 fully saturated rings. The lowest BCUT2D eigenvalue weighted by atomic mass is 10.1. The third-order valence-corrected chi connectivity index (χ3v) is 2.52. The van der Waals surface area contributed by atoms with Crippen LogP contribution in [0, 0.1) is 0 Å². The smallest absolute Gasteiger partial charge is 0.418 e. The first-order valence-electron chi connectivity index (χ1n) is 5.87. The Morgan fingerprint density at radius 1 is 1.47 bits per heavy atom. The van der Waals surface area contributed by atoms with Gasteiger partial charge in [-0.25, -0.2) is 4.79 Å². The molecule has 1 aliphatic heterocycles. The summed E-state index contributed by atoms with van der Waals surface area (Å²) in [6.07, 6.45) is 8.76. The van der Waals surface area contributed by atoms with E-state index in [1.807, 2.05) is 26.0 Å². The number of allylic oxidation sites excluding steroid dienone is 3. The van der Waals surface area contributed by atoms with Crippen molar-refractivity contribution in [1.29, 1.82) is 0 Å². The van der Waals surface area contributed by atoms with Crippen molar-refractivity contribution in [1.82, 2.24) is 4.90 Å². The normalized spacial score (nSPS) is 18.9. The lowest BCUT2D eigenvalue weighted by molar-refractivity contribution is 0.0945. The van der Waals surface area contributed by atoms with E-state index in [4.69, 9.17) is 9.47 Å². The van der Waals surface area contributed by atoms with E-state index in [0.717, 1.165) is 24.3 Å². The number of hydrogen-bond donors (Lipinski definition) is 0. The van der Waals surface area contributed by atoms with Crippen LogP contribution in [0.3, 0.4) is 0 Å². The number of hydrogen-bond acceptors (Lipinski definition) is 3. The molecule has 0 N–H and O–H groups in total. The van der Waals surface area contributed by atoms with Gasteiger partial charge in [-0.05, 0) is 38.8 Å². The second-order valence-corrected chi connectivity index (χ2v) is 4.25. The van der Waals surface area contributed by atoms with E-state index in [-0.39, 0.29) is 12.2 Å². The van der Waals surface area contributed by atoms with Crippen molar-refractivity contribution in [2.75, 3.05) is 6.61 Å². The molecule has 0 aromatic heterocycles. The third-order valence-electron chi connectivity index (χ3n) is 2.52. The van der Waals surface area contributed by atoms with E-state index < -0.39 is 0 Å². The zero-order valence-corrected chi connectivity index (χ0v) is 10.2. The van der Waals surface area contributed by atoms with Gasteiger partial charge in [0.25, 0.3) is 0 Å². The van der Waals surface area contributed by atoms with E-state index in [9.17, 15) is 4.79 Å². The summed E-state index contributed by atoms with van der Waals surface area (Å²) >= 11 is 0. The molecular formula is C13H17NO3. The molecule has 1 aliphatic carbocycles. The highest BCUT2D eigenvalue weighted by molar-refractivity contribution is 5.72. The van der Waals surface area contributed by atoms with E-state index in [1.54, 1.807) is 11.1 Å². The van der Waals surface area contributed by atoms with Gasteiger partial charge in [-0.1, -0.05) is 6.08 Å². The monoisotopic (exact) mass is 235 g/mol. The minimum atomic E-state index is -0.343. The first-order chi connectivity index (χ1) is 8.18. The van der Waals surface area contributed by atoms with Crippen LogP contribution in [-0.2, 0) is 9.47 Å². The van der Waals surface area contributed by atoms with Crippen LogP contribution >= 0.6 is 0 Å². The average Bonchev–Trinajstić information content (AvgIpc) is 2.50. The molecule has 0 aromatic carbocycles. The Morgan fingerprint density at radius 3 is 3.06 bits per heavy atom. The molecule has 1 amide bonds. The molecular weight excluding hydrogens is 218 g/mol. The molecule has 0 saturated heterocycles. The predicted molar refractivity (Wildman–Crippen MR) is 63.9 cm³/mol. The molecule has 4 heteroatoms. The lowest BCUT2D eigenvalue weighted by Gasteiger charge is -2.24. The molecule has 4 nitrogen and oxygen atoms in total. The minimum Gasteiger partial charge on any atom is -0.488 e. The van der Waals surface area contributed by atoms with Gasteiger partial charge in [-0.2, -0.15) is 0 Å². The molecule has 0 atom stereocenters. The number of rotatable bonds is 1. The van der Waals surface area contributed by atoms with Gasteiger partial charge in [0.1, 0.15) is 12.4 Å². The Kier molecular flexibility index (Phi) is 3.52. The molecule has 92 valence electrons. The van der Waals surface area contributed by atoms with Gasteiger partial charge in [0.15, 0.2) is 0 Å². The molecule has 2 aliphatic rings. The van der Waals surface area contributed by atoms with Gasteiger partial charge in [-0.3, -0.25) is 4.90 Å². The largest absolute Gasteiger partial charge is 0.488 e. The highest BCUT2D eigenvalue weighted by Crippen LogP contribution is 2.26. The van der Waals surface area contributed by atoms with Crippen LogP contribution in [0.25, 0.3) is 0 Å². The van der Waals surface area contributed by atoms with Crippen LogP contribution in [-0.4, -0.2) is 23.7 Å². The van der Waals surface area contributed by atoms with Crippen molar-refractivity contribution in [3.05, 3.63) is 35.9 Å². The van der Waals surface area contributed by atoms with Crippen LogP contribution in [0.1, 0.15) is 26.7 Å². The van der Waals surface area contributed by atoms with E-state index in [2.05, 4.69) is 6.08 Å². The fourth-order valence-corrected chi connectivity index (χ4v) is 1.81. The Labute approximate surface area is 101 Å². The average molecular weight is 235 g/mol. The molecule has 0 bridgehead atoms. The first kappa shape index (κ1) is 11.8. The highest BCUT2D eigenvalue weighted by atomic mass is 16.6. The van der Waals surface area contributed by atoms with Crippen LogP contribution in [0.15, 0.2) is 35.9 Å². The maximum absolute atomic E-state index is 12.0. The predicted octanol–water partition coefficient (Wildman–Crippen LogP) is 2.94. The van der Waals surface area contributed by atoms with Gasteiger partial charge >= 0.3 is 6.09 Å². The fourth-order valence-electron chi connectivity index (χ4n) is 1.81. The molecule has 0 radical (unpaired) electrons. The first-order valence-corrected chi connectivity index (χ1v) is 5.87. The summed E-state index contributed by atoms with van der Waals surface area (Å²) in [4.78, 5) is 13.5. The standard InChI is InChI=1S/C13H17NO3/c1-10(2)17-13(15)14-8-5-9-16-12-7-4-3-6-11(12)14/h4-5,7-8,10H,3,6,9H2,1-2H3. The fraction of sp³-hybridized carbons (Fsp3) is 0.462. The molecule has 17 heavy (non-hydrogen) atoms. The molecule has 0 aromatic rings. The van der Waals surface area contributed by atoms with Crippen molar-refractivity contribution in [3.63, 3.8) is 0 Å². The van der Waals surface area contributed by atoms with Gasteiger partial charge in [0.05, 0.1) is 11.8 Å². The SMILES string of the molecule is CC(C)OC(=O)N1C=CCOC2=C1CCC=C2. The van der Waals surface area contributed by atoms with E-state index >= 15 is 0 Å².